The van der Waals surface area contributed by atoms with Gasteiger partial charge in [0.25, 0.3) is 0 Å². The topological polar surface area (TPSA) is 9.23 Å². The molecule has 238 valence electrons. The van der Waals surface area contributed by atoms with Crippen molar-refractivity contribution in [1.82, 2.24) is 0 Å². The fraction of sp³-hybridized carbons (Fsp3) is 0.538. The summed E-state index contributed by atoms with van der Waals surface area (Å²) in [6.45, 7) is 31.5. The minimum Gasteiger partial charge on any atom is -1.00 e. The van der Waals surface area contributed by atoms with Crippen LogP contribution in [0.4, 0.5) is 0 Å². The van der Waals surface area contributed by atoms with Crippen LogP contribution >= 0.6 is 0 Å². The van der Waals surface area contributed by atoms with Gasteiger partial charge in [-0.2, -0.15) is 0 Å². The van der Waals surface area contributed by atoms with E-state index in [2.05, 4.69) is 114 Å². The maximum absolute atomic E-state index is 6.17. The first-order chi connectivity index (χ1) is 19.4. The van der Waals surface area contributed by atoms with E-state index in [0.717, 1.165) is 11.3 Å². The number of benzene rings is 2. The van der Waals surface area contributed by atoms with Crippen LogP contribution in [-0.4, -0.2) is 12.3 Å². The average Bonchev–Trinajstić information content (AvgIpc) is 3.53. The number of aryl methyl sites for hydroxylation is 1. The summed E-state index contributed by atoms with van der Waals surface area (Å²) in [5.74, 6) is 1.07. The van der Waals surface area contributed by atoms with Gasteiger partial charge in [-0.3, -0.25) is 0 Å². The molecule has 0 bridgehead atoms. The number of halogens is 2. The number of fused-ring (bicyclic) bond motifs is 2. The van der Waals surface area contributed by atoms with Gasteiger partial charge in [-0.25, -0.2) is 0 Å². The molecule has 5 rings (SSSR count). The summed E-state index contributed by atoms with van der Waals surface area (Å²) in [4.78, 5) is 0. The second-order valence-electron chi connectivity index (χ2n) is 16.1. The van der Waals surface area contributed by atoms with Gasteiger partial charge in [0.1, 0.15) is 0 Å². The van der Waals surface area contributed by atoms with Crippen LogP contribution in [-0.2, 0) is 46.1 Å². The third-order valence-corrected chi connectivity index (χ3v) is 25.6. The second-order valence-corrected chi connectivity index (χ2v) is 33.4. The van der Waals surface area contributed by atoms with Gasteiger partial charge in [0.2, 0.25) is 0 Å². The van der Waals surface area contributed by atoms with Crippen LogP contribution in [0.3, 0.4) is 0 Å². The van der Waals surface area contributed by atoms with Crippen LogP contribution in [0.1, 0.15) is 120 Å². The monoisotopic (exact) mass is 726 g/mol. The van der Waals surface area contributed by atoms with Crippen LogP contribution in [0.15, 0.2) is 46.1 Å². The van der Waals surface area contributed by atoms with E-state index >= 15 is 0 Å². The van der Waals surface area contributed by atoms with E-state index in [1.807, 2.05) is 7.11 Å². The predicted octanol–water partition coefficient (Wildman–Crippen LogP) is 5.26. The Morgan fingerprint density at radius 3 is 1.80 bits per heavy atom. The van der Waals surface area contributed by atoms with Crippen LogP contribution < -0.4 is 29.6 Å². The molecule has 2 aromatic carbocycles. The molecular weight excluding hydrogens is 675 g/mol. The molecule has 0 aromatic heterocycles. The zero-order chi connectivity index (χ0) is 31.1. The third kappa shape index (κ3) is 6.35. The number of hydrogen-bond acceptors (Lipinski definition) is 1. The minimum absolute atomic E-state index is 0. The molecule has 0 spiro atoms. The molecule has 0 amide bonds. The first-order valence-electron chi connectivity index (χ1n) is 16.1. The first kappa shape index (κ1) is 37.6. The molecule has 1 unspecified atom stereocenters. The van der Waals surface area contributed by atoms with E-state index in [0.29, 0.717) is 3.63 Å². The Labute approximate surface area is 293 Å². The molecule has 3 aliphatic carbocycles. The summed E-state index contributed by atoms with van der Waals surface area (Å²) < 4.78 is 6.86. The van der Waals surface area contributed by atoms with Gasteiger partial charge in [0, 0.05) is 0 Å². The number of hydrogen-bond donors (Lipinski definition) is 0. The number of methoxy groups -OCH3 is 1. The van der Waals surface area contributed by atoms with Gasteiger partial charge in [-0.1, -0.05) is 0 Å². The SMILES string of the molecule is COc1c(C(C)(C)C)cc(-c2c3c(cc4c2CCC4)[CH]([Zr+2][Si](C)(C)C2C(C)=C(C)C(C)=C2C)C(C)=C3)cc1C(C)(C)C.[Cl-].[Cl-]. The van der Waals surface area contributed by atoms with E-state index in [4.69, 9.17) is 4.74 Å². The maximum atomic E-state index is 6.17. The number of rotatable bonds is 5. The Bertz CT molecular complexity index is 1500. The molecule has 1 atom stereocenters. The summed E-state index contributed by atoms with van der Waals surface area (Å²) >= 11 is -0.756. The molecule has 44 heavy (non-hydrogen) atoms. The van der Waals surface area contributed by atoms with Crippen LogP contribution in [0.2, 0.25) is 18.6 Å². The standard InChI is InChI=1S/C28H35O.C11H19Si.2ClH.Zr/c1-17-12-19-14-18-10-9-11-21(18)25(22(19)13-17)20-15-23(27(2,3)4)26(29-8)24(16-20)28(5,6)7;1-7-8(2)10(4)11(9(7)3)12(5)6;;;/h12-16H,9-11H2,1-8H3;11H,1-6H3;2*1H;/q;;;;+2/p-2. The van der Waals surface area contributed by atoms with Gasteiger partial charge in [0.15, 0.2) is 0 Å². The van der Waals surface area contributed by atoms with E-state index < -0.39 is 27.6 Å². The molecule has 0 radical (unpaired) electrons. The average molecular weight is 729 g/mol. The maximum Gasteiger partial charge on any atom is -1.00 e. The quantitative estimate of drug-likeness (QED) is 0.383. The molecule has 2 aromatic rings. The van der Waals surface area contributed by atoms with Gasteiger partial charge >= 0.3 is 270 Å². The van der Waals surface area contributed by atoms with Crippen molar-refractivity contribution in [3.63, 3.8) is 0 Å². The molecule has 0 fully saturated rings. The van der Waals surface area contributed by atoms with Crippen LogP contribution in [0, 0.1) is 0 Å². The summed E-state index contributed by atoms with van der Waals surface area (Å²) in [6.07, 6.45) is 6.33. The van der Waals surface area contributed by atoms with Crippen molar-refractivity contribution in [2.75, 3.05) is 7.11 Å². The van der Waals surface area contributed by atoms with Crippen LogP contribution in [0.25, 0.3) is 17.2 Å². The Morgan fingerprint density at radius 2 is 1.32 bits per heavy atom. The van der Waals surface area contributed by atoms with Gasteiger partial charge in [0.05, 0.1) is 0 Å². The van der Waals surface area contributed by atoms with Crippen molar-refractivity contribution < 1.29 is 51.9 Å². The van der Waals surface area contributed by atoms with Crippen molar-refractivity contribution >= 4 is 11.3 Å². The van der Waals surface area contributed by atoms with Crippen molar-refractivity contribution in [1.29, 1.82) is 0 Å². The summed E-state index contributed by atoms with van der Waals surface area (Å²) in [5.41, 5.74) is 20.9. The zero-order valence-corrected chi connectivity index (χ0v) is 34.7. The minimum atomic E-state index is -1.46. The van der Waals surface area contributed by atoms with Crippen molar-refractivity contribution in [2.24, 2.45) is 0 Å². The van der Waals surface area contributed by atoms with Crippen LogP contribution in [0.5, 0.6) is 5.75 Å². The number of allylic oxidation sites excluding steroid dienone is 5. The van der Waals surface area contributed by atoms with E-state index in [-0.39, 0.29) is 35.6 Å². The smallest absolute Gasteiger partial charge is 1.00 e. The van der Waals surface area contributed by atoms with Crippen molar-refractivity contribution in [3.05, 3.63) is 79.4 Å². The van der Waals surface area contributed by atoms with Crippen molar-refractivity contribution in [2.45, 2.75) is 129 Å². The molecule has 5 heteroatoms. The summed E-state index contributed by atoms with van der Waals surface area (Å²) in [6, 6.07) is 7.66. The molecular formula is C39H54Cl2OSiZr. The van der Waals surface area contributed by atoms with E-state index in [9.17, 15) is 0 Å². The molecule has 0 saturated carbocycles. The largest absolute Gasteiger partial charge is 1.00 e. The molecule has 0 saturated heterocycles. The Kier molecular flexibility index (Phi) is 11.1. The number of ether oxygens (including phenoxy) is 1. The molecule has 1 nitrogen and oxygen atoms in total. The first-order valence-corrected chi connectivity index (χ1v) is 24.3. The summed E-state index contributed by atoms with van der Waals surface area (Å²) in [5, 5.41) is -1.46. The van der Waals surface area contributed by atoms with E-state index in [1.165, 1.54) is 36.0 Å². The molecule has 0 N–H and O–H groups in total. The molecule has 0 aliphatic heterocycles. The Hall–Kier alpha value is -0.860. The molecule has 0 heterocycles. The summed E-state index contributed by atoms with van der Waals surface area (Å²) in [7, 11) is 1.85. The fourth-order valence-corrected chi connectivity index (χ4v) is 25.7. The third-order valence-electron chi connectivity index (χ3n) is 10.7. The molecule has 3 aliphatic rings. The Morgan fingerprint density at radius 1 is 0.795 bits per heavy atom. The van der Waals surface area contributed by atoms with Crippen molar-refractivity contribution in [3.8, 4) is 16.9 Å². The predicted molar refractivity (Wildman–Crippen MR) is 182 cm³/mol. The fourth-order valence-electron chi connectivity index (χ4n) is 8.25. The van der Waals surface area contributed by atoms with Gasteiger partial charge in [-0.05, 0) is 0 Å². The second kappa shape index (κ2) is 13.0. The van der Waals surface area contributed by atoms with E-state index in [1.54, 1.807) is 55.7 Å². The van der Waals surface area contributed by atoms with Gasteiger partial charge in [-0.15, -0.1) is 0 Å². The zero-order valence-electron chi connectivity index (χ0n) is 29.7. The normalized spacial score (nSPS) is 18.5. The van der Waals surface area contributed by atoms with Gasteiger partial charge < -0.3 is 24.8 Å². The Balaban J connectivity index is 0.00000264.